The number of nitrogens with zero attached hydrogens (tertiary/aromatic N) is 2. The summed E-state index contributed by atoms with van der Waals surface area (Å²) in [4.78, 5) is 29.7. The predicted octanol–water partition coefficient (Wildman–Crippen LogP) is 3.41. The molecule has 1 fully saturated rings. The smallest absolute Gasteiger partial charge is 0.257 e. The lowest BCUT2D eigenvalue weighted by atomic mass is 10.0. The van der Waals surface area contributed by atoms with E-state index in [-0.39, 0.29) is 18.0 Å². The maximum Gasteiger partial charge on any atom is 0.257 e. The second-order valence-corrected chi connectivity index (χ2v) is 7.34. The Hall–Kier alpha value is -2.82. The number of carbonyl (C=O) groups excluding carboxylic acids is 2. The monoisotopic (exact) mass is 363 g/mol. The number of rotatable bonds is 3. The van der Waals surface area contributed by atoms with E-state index in [0.717, 1.165) is 43.5 Å². The van der Waals surface area contributed by atoms with Crippen molar-refractivity contribution in [3.8, 4) is 0 Å². The molecule has 0 saturated carbocycles. The molecule has 5 heteroatoms. The van der Waals surface area contributed by atoms with Crippen LogP contribution in [0.1, 0.15) is 52.0 Å². The Morgan fingerprint density at radius 3 is 2.74 bits per heavy atom. The van der Waals surface area contributed by atoms with Gasteiger partial charge in [0.15, 0.2) is 0 Å². The summed E-state index contributed by atoms with van der Waals surface area (Å²) in [6.07, 6.45) is 4.43. The molecule has 5 nitrogen and oxygen atoms in total. The van der Waals surface area contributed by atoms with Crippen molar-refractivity contribution in [3.63, 3.8) is 0 Å². The minimum atomic E-state index is -0.120. The first-order chi connectivity index (χ1) is 13.1. The predicted molar refractivity (Wildman–Crippen MR) is 106 cm³/mol. The quantitative estimate of drug-likeness (QED) is 0.909. The van der Waals surface area contributed by atoms with Crippen molar-refractivity contribution >= 4 is 17.5 Å². The third-order valence-electron chi connectivity index (χ3n) is 5.60. The van der Waals surface area contributed by atoms with Gasteiger partial charge in [-0.05, 0) is 43.0 Å². The molecule has 2 amide bonds. The van der Waals surface area contributed by atoms with E-state index in [1.165, 1.54) is 0 Å². The Balaban J connectivity index is 1.56. The van der Waals surface area contributed by atoms with Crippen LogP contribution < -0.4 is 10.2 Å². The lowest BCUT2D eigenvalue weighted by Gasteiger charge is -2.43. The van der Waals surface area contributed by atoms with E-state index in [9.17, 15) is 9.59 Å². The van der Waals surface area contributed by atoms with Gasteiger partial charge in [-0.25, -0.2) is 0 Å². The minimum Gasteiger partial charge on any atom is -0.354 e. The molecule has 27 heavy (non-hydrogen) atoms. The summed E-state index contributed by atoms with van der Waals surface area (Å²) in [6.45, 7) is 1.30. The summed E-state index contributed by atoms with van der Waals surface area (Å²) in [5.74, 6) is -0.0305. The van der Waals surface area contributed by atoms with Gasteiger partial charge in [-0.1, -0.05) is 36.8 Å². The normalized spacial score (nSPS) is 19.1. The Morgan fingerprint density at radius 1 is 1.11 bits per heavy atom. The van der Waals surface area contributed by atoms with Gasteiger partial charge in [-0.2, -0.15) is 0 Å². The lowest BCUT2D eigenvalue weighted by Crippen LogP contribution is -2.53. The highest BCUT2D eigenvalue weighted by molar-refractivity contribution is 6.04. The van der Waals surface area contributed by atoms with Gasteiger partial charge in [-0.15, -0.1) is 0 Å². The van der Waals surface area contributed by atoms with E-state index >= 15 is 0 Å². The molecule has 2 aromatic carbocycles. The van der Waals surface area contributed by atoms with Crippen LogP contribution in [-0.2, 0) is 6.54 Å². The van der Waals surface area contributed by atoms with Crippen LogP contribution >= 0.6 is 0 Å². The highest BCUT2D eigenvalue weighted by atomic mass is 16.2. The van der Waals surface area contributed by atoms with Crippen LogP contribution in [0.5, 0.6) is 0 Å². The van der Waals surface area contributed by atoms with Crippen molar-refractivity contribution in [3.05, 3.63) is 65.2 Å². The van der Waals surface area contributed by atoms with Gasteiger partial charge in [0.1, 0.15) is 6.17 Å². The molecule has 2 heterocycles. The molecule has 1 atom stereocenters. The number of hydrogen-bond donors (Lipinski definition) is 1. The van der Waals surface area contributed by atoms with Gasteiger partial charge >= 0.3 is 0 Å². The molecule has 1 saturated heterocycles. The molecular weight excluding hydrogens is 338 g/mol. The van der Waals surface area contributed by atoms with Crippen molar-refractivity contribution in [2.24, 2.45) is 0 Å². The molecule has 0 aliphatic carbocycles. The van der Waals surface area contributed by atoms with Crippen molar-refractivity contribution in [2.75, 3.05) is 18.5 Å². The van der Waals surface area contributed by atoms with Crippen LogP contribution in [0.3, 0.4) is 0 Å². The average Bonchev–Trinajstić information content (AvgIpc) is 2.97. The number of hydrogen-bond acceptors (Lipinski definition) is 3. The standard InChI is InChI=1S/C22H25N3O2/c1-24-19-14-17(21(26)23-15-16-8-4-2-5-9-16)11-12-18(19)22(27)25-13-7-3-6-10-20(24)25/h2,4-5,8-9,11-12,14,20H,3,6-7,10,13,15H2,1H3,(H,23,26)/t20-/m0/s1. The molecule has 140 valence electrons. The first-order valence-electron chi connectivity index (χ1n) is 9.65. The SMILES string of the molecule is CN1c2cc(C(=O)NCc3ccccc3)ccc2C(=O)N2CCCCC[C@H]21. The third kappa shape index (κ3) is 3.42. The Bertz CT molecular complexity index is 850. The van der Waals surface area contributed by atoms with Gasteiger partial charge in [0.05, 0.1) is 11.3 Å². The number of benzene rings is 2. The molecule has 0 bridgehead atoms. The number of amides is 2. The first kappa shape index (κ1) is 17.6. The van der Waals surface area contributed by atoms with Crippen molar-refractivity contribution in [1.82, 2.24) is 10.2 Å². The molecule has 1 N–H and O–H groups in total. The van der Waals surface area contributed by atoms with Gasteiger partial charge in [0.2, 0.25) is 0 Å². The van der Waals surface area contributed by atoms with E-state index in [1.54, 1.807) is 12.1 Å². The van der Waals surface area contributed by atoms with E-state index in [2.05, 4.69) is 10.2 Å². The molecular formula is C22H25N3O2. The second-order valence-electron chi connectivity index (χ2n) is 7.34. The van der Waals surface area contributed by atoms with Crippen LogP contribution in [0.2, 0.25) is 0 Å². The molecule has 0 unspecified atom stereocenters. The number of anilines is 1. The maximum absolute atomic E-state index is 12.9. The zero-order chi connectivity index (χ0) is 18.8. The van der Waals surface area contributed by atoms with Gasteiger partial charge in [0.25, 0.3) is 11.8 Å². The third-order valence-corrected chi connectivity index (χ3v) is 5.60. The van der Waals surface area contributed by atoms with Gasteiger partial charge in [0, 0.05) is 25.7 Å². The molecule has 4 rings (SSSR count). The molecule has 0 aromatic heterocycles. The maximum atomic E-state index is 12.9. The zero-order valence-corrected chi connectivity index (χ0v) is 15.6. The fourth-order valence-corrected chi connectivity index (χ4v) is 4.07. The average molecular weight is 363 g/mol. The summed E-state index contributed by atoms with van der Waals surface area (Å²) in [5, 5.41) is 2.96. The molecule has 2 aliphatic rings. The fraction of sp³-hybridized carbons (Fsp3) is 0.364. The van der Waals surface area contributed by atoms with Crippen molar-refractivity contribution in [1.29, 1.82) is 0 Å². The van der Waals surface area contributed by atoms with E-state index in [0.29, 0.717) is 17.7 Å². The van der Waals surface area contributed by atoms with Gasteiger partial charge < -0.3 is 15.1 Å². The Morgan fingerprint density at radius 2 is 1.93 bits per heavy atom. The van der Waals surface area contributed by atoms with E-state index in [4.69, 9.17) is 0 Å². The Labute approximate surface area is 160 Å². The summed E-state index contributed by atoms with van der Waals surface area (Å²) in [7, 11) is 2.03. The number of nitrogens with one attached hydrogen (secondary N) is 1. The van der Waals surface area contributed by atoms with E-state index in [1.807, 2.05) is 48.3 Å². The summed E-state index contributed by atoms with van der Waals surface area (Å²) in [5.41, 5.74) is 3.20. The van der Waals surface area contributed by atoms with Crippen LogP contribution in [0, 0.1) is 0 Å². The second kappa shape index (κ2) is 7.43. The zero-order valence-electron chi connectivity index (χ0n) is 15.6. The van der Waals surface area contributed by atoms with Crippen molar-refractivity contribution < 1.29 is 9.59 Å². The molecule has 0 spiro atoms. The van der Waals surface area contributed by atoms with Crippen LogP contribution in [0.15, 0.2) is 48.5 Å². The lowest BCUT2D eigenvalue weighted by molar-refractivity contribution is 0.0661. The summed E-state index contributed by atoms with van der Waals surface area (Å²) >= 11 is 0. The molecule has 0 radical (unpaired) electrons. The fourth-order valence-electron chi connectivity index (χ4n) is 4.07. The molecule has 2 aliphatic heterocycles. The topological polar surface area (TPSA) is 52.7 Å². The summed E-state index contributed by atoms with van der Waals surface area (Å²) in [6, 6.07) is 15.3. The largest absolute Gasteiger partial charge is 0.354 e. The van der Waals surface area contributed by atoms with Crippen molar-refractivity contribution in [2.45, 2.75) is 38.4 Å². The molecule has 2 aromatic rings. The Kier molecular flexibility index (Phi) is 4.84. The minimum absolute atomic E-state index is 0.0891. The van der Waals surface area contributed by atoms with Crippen LogP contribution in [-0.4, -0.2) is 36.5 Å². The van der Waals surface area contributed by atoms with Gasteiger partial charge in [-0.3, -0.25) is 9.59 Å². The van der Waals surface area contributed by atoms with Crippen LogP contribution in [0.25, 0.3) is 0 Å². The first-order valence-corrected chi connectivity index (χ1v) is 9.65. The number of carbonyl (C=O) groups is 2. The highest BCUT2D eigenvalue weighted by Gasteiger charge is 2.36. The summed E-state index contributed by atoms with van der Waals surface area (Å²) < 4.78 is 0. The van der Waals surface area contributed by atoms with Crippen LogP contribution in [0.4, 0.5) is 5.69 Å². The number of fused-ring (bicyclic) bond motifs is 2. The van der Waals surface area contributed by atoms with E-state index < -0.39 is 0 Å². The highest BCUT2D eigenvalue weighted by Crippen LogP contribution is 2.34.